The molecule has 0 fully saturated rings. The summed E-state index contributed by atoms with van der Waals surface area (Å²) < 4.78 is 0. The Morgan fingerprint density at radius 3 is 2.50 bits per heavy atom. The Balaban J connectivity index is 0.00000169. The SMILES string of the molecule is Cl.Nc1ccccc1CC(N)C(=O)O. The molecule has 0 aliphatic carbocycles. The van der Waals surface area contributed by atoms with E-state index in [1.165, 1.54) is 0 Å². The monoisotopic (exact) mass is 216 g/mol. The van der Waals surface area contributed by atoms with Gasteiger partial charge < -0.3 is 16.6 Å². The molecular formula is C9H13ClN2O2. The Bertz CT molecular complexity index is 317. The number of nitrogen functional groups attached to an aromatic ring is 1. The molecule has 1 rings (SSSR count). The molecule has 1 atom stereocenters. The summed E-state index contributed by atoms with van der Waals surface area (Å²) >= 11 is 0. The number of para-hydroxylation sites is 1. The van der Waals surface area contributed by atoms with E-state index in [2.05, 4.69) is 0 Å². The Hall–Kier alpha value is -1.26. The van der Waals surface area contributed by atoms with Crippen LogP contribution in [0.2, 0.25) is 0 Å². The van der Waals surface area contributed by atoms with E-state index in [0.29, 0.717) is 5.69 Å². The van der Waals surface area contributed by atoms with Crippen molar-refractivity contribution in [2.45, 2.75) is 12.5 Å². The first kappa shape index (κ1) is 12.7. The number of benzene rings is 1. The molecule has 0 aliphatic heterocycles. The van der Waals surface area contributed by atoms with E-state index in [1.807, 2.05) is 0 Å². The first-order valence-electron chi connectivity index (χ1n) is 3.93. The number of carboxylic acid groups (broad SMARTS) is 1. The van der Waals surface area contributed by atoms with Crippen LogP contribution in [0.3, 0.4) is 0 Å². The van der Waals surface area contributed by atoms with Crippen molar-refractivity contribution in [3.8, 4) is 0 Å². The minimum absolute atomic E-state index is 0. The summed E-state index contributed by atoms with van der Waals surface area (Å²) in [6.45, 7) is 0. The molecule has 0 aromatic heterocycles. The van der Waals surface area contributed by atoms with Gasteiger partial charge in [0.2, 0.25) is 0 Å². The van der Waals surface area contributed by atoms with Crippen LogP contribution in [0.15, 0.2) is 24.3 Å². The second-order valence-electron chi connectivity index (χ2n) is 2.85. The summed E-state index contributed by atoms with van der Waals surface area (Å²) in [4.78, 5) is 10.4. The average Bonchev–Trinajstić information content (AvgIpc) is 2.08. The Morgan fingerprint density at radius 2 is 2.00 bits per heavy atom. The number of hydrogen-bond acceptors (Lipinski definition) is 3. The maximum atomic E-state index is 10.4. The molecule has 1 unspecified atom stereocenters. The average molecular weight is 217 g/mol. The zero-order valence-corrected chi connectivity index (χ0v) is 8.33. The quantitative estimate of drug-likeness (QED) is 0.647. The second-order valence-corrected chi connectivity index (χ2v) is 2.85. The number of nitrogens with two attached hydrogens (primary N) is 2. The summed E-state index contributed by atoms with van der Waals surface area (Å²) in [5.74, 6) is -1.01. The van der Waals surface area contributed by atoms with Gasteiger partial charge in [-0.2, -0.15) is 0 Å². The predicted octanol–water partition coefficient (Wildman–Crippen LogP) is 0.645. The van der Waals surface area contributed by atoms with Gasteiger partial charge in [-0.25, -0.2) is 0 Å². The highest BCUT2D eigenvalue weighted by Gasteiger charge is 2.12. The molecule has 0 aliphatic rings. The number of rotatable bonds is 3. The van der Waals surface area contributed by atoms with E-state index < -0.39 is 12.0 Å². The number of halogens is 1. The van der Waals surface area contributed by atoms with E-state index in [1.54, 1.807) is 24.3 Å². The highest BCUT2D eigenvalue weighted by atomic mass is 35.5. The molecule has 5 N–H and O–H groups in total. The summed E-state index contributed by atoms with van der Waals surface area (Å²) in [6.07, 6.45) is 0.266. The molecule has 0 amide bonds. The van der Waals surface area contributed by atoms with E-state index in [-0.39, 0.29) is 18.8 Å². The van der Waals surface area contributed by atoms with Crippen LogP contribution in [0.25, 0.3) is 0 Å². The minimum Gasteiger partial charge on any atom is -0.480 e. The van der Waals surface area contributed by atoms with Crippen LogP contribution in [-0.4, -0.2) is 17.1 Å². The van der Waals surface area contributed by atoms with Crippen molar-refractivity contribution in [3.63, 3.8) is 0 Å². The number of carboxylic acids is 1. The van der Waals surface area contributed by atoms with Gasteiger partial charge in [-0.3, -0.25) is 4.79 Å². The second kappa shape index (κ2) is 5.47. The summed E-state index contributed by atoms with van der Waals surface area (Å²) in [7, 11) is 0. The van der Waals surface area contributed by atoms with E-state index in [0.717, 1.165) is 5.56 Å². The molecule has 1 aromatic rings. The molecule has 14 heavy (non-hydrogen) atoms. The molecule has 1 aromatic carbocycles. The van der Waals surface area contributed by atoms with Crippen molar-refractivity contribution in [3.05, 3.63) is 29.8 Å². The highest BCUT2D eigenvalue weighted by molar-refractivity contribution is 5.85. The van der Waals surface area contributed by atoms with Gasteiger partial charge in [0.05, 0.1) is 0 Å². The first-order chi connectivity index (χ1) is 6.11. The zero-order valence-electron chi connectivity index (χ0n) is 7.51. The fourth-order valence-corrected chi connectivity index (χ4v) is 1.04. The molecule has 5 heteroatoms. The number of hydrogen-bond donors (Lipinski definition) is 3. The van der Waals surface area contributed by atoms with Crippen LogP contribution in [0.5, 0.6) is 0 Å². The normalized spacial score (nSPS) is 11.5. The maximum Gasteiger partial charge on any atom is 0.320 e. The van der Waals surface area contributed by atoms with Gasteiger partial charge in [0.15, 0.2) is 0 Å². The van der Waals surface area contributed by atoms with Crippen LogP contribution in [0.4, 0.5) is 5.69 Å². The highest BCUT2D eigenvalue weighted by Crippen LogP contribution is 2.11. The zero-order chi connectivity index (χ0) is 9.84. The Kier molecular flexibility index (Phi) is 4.97. The molecular weight excluding hydrogens is 204 g/mol. The molecule has 0 radical (unpaired) electrons. The van der Waals surface area contributed by atoms with Crippen molar-refractivity contribution in [2.24, 2.45) is 5.73 Å². The largest absolute Gasteiger partial charge is 0.480 e. The summed E-state index contributed by atoms with van der Waals surface area (Å²) in [5.41, 5.74) is 12.3. The van der Waals surface area contributed by atoms with Gasteiger partial charge in [0, 0.05) is 12.1 Å². The topological polar surface area (TPSA) is 89.3 Å². The lowest BCUT2D eigenvalue weighted by molar-refractivity contribution is -0.138. The first-order valence-corrected chi connectivity index (χ1v) is 3.93. The van der Waals surface area contributed by atoms with E-state index in [4.69, 9.17) is 16.6 Å². The van der Waals surface area contributed by atoms with Gasteiger partial charge >= 0.3 is 5.97 Å². The molecule has 78 valence electrons. The summed E-state index contributed by atoms with van der Waals surface area (Å²) in [5, 5.41) is 8.57. The van der Waals surface area contributed by atoms with Crippen LogP contribution in [0.1, 0.15) is 5.56 Å². The van der Waals surface area contributed by atoms with Crippen molar-refractivity contribution in [2.75, 3.05) is 5.73 Å². The van der Waals surface area contributed by atoms with Gasteiger partial charge in [0.25, 0.3) is 0 Å². The standard InChI is InChI=1S/C9H12N2O2.ClH/c10-7-4-2-1-3-6(7)5-8(11)9(12)13;/h1-4,8H,5,10-11H2,(H,12,13);1H. The van der Waals surface area contributed by atoms with Gasteiger partial charge in [-0.1, -0.05) is 18.2 Å². The molecule has 4 nitrogen and oxygen atoms in total. The molecule has 0 heterocycles. The van der Waals surface area contributed by atoms with E-state index >= 15 is 0 Å². The smallest absolute Gasteiger partial charge is 0.320 e. The lowest BCUT2D eigenvalue weighted by Crippen LogP contribution is -2.32. The third kappa shape index (κ3) is 3.24. The lowest BCUT2D eigenvalue weighted by atomic mass is 10.1. The van der Waals surface area contributed by atoms with Crippen molar-refractivity contribution in [1.29, 1.82) is 0 Å². The van der Waals surface area contributed by atoms with Crippen molar-refractivity contribution < 1.29 is 9.90 Å². The third-order valence-corrected chi connectivity index (χ3v) is 1.81. The van der Waals surface area contributed by atoms with Gasteiger partial charge in [0.1, 0.15) is 6.04 Å². The number of anilines is 1. The molecule has 0 saturated carbocycles. The predicted molar refractivity (Wildman–Crippen MR) is 57.4 cm³/mol. The Labute approximate surface area is 88.3 Å². The summed E-state index contributed by atoms with van der Waals surface area (Å²) in [6, 6.07) is 6.22. The van der Waals surface area contributed by atoms with Gasteiger partial charge in [-0.05, 0) is 11.6 Å². The number of carbonyl (C=O) groups is 1. The fraction of sp³-hybridized carbons (Fsp3) is 0.222. The van der Waals surface area contributed by atoms with Crippen LogP contribution < -0.4 is 11.5 Å². The van der Waals surface area contributed by atoms with Crippen LogP contribution in [0, 0.1) is 0 Å². The minimum atomic E-state index is -1.01. The fourth-order valence-electron chi connectivity index (χ4n) is 1.04. The van der Waals surface area contributed by atoms with Crippen molar-refractivity contribution >= 4 is 24.1 Å². The lowest BCUT2D eigenvalue weighted by Gasteiger charge is -2.08. The molecule has 0 bridgehead atoms. The molecule has 0 saturated heterocycles. The molecule has 0 spiro atoms. The number of aliphatic carboxylic acids is 1. The van der Waals surface area contributed by atoms with E-state index in [9.17, 15) is 4.79 Å². The van der Waals surface area contributed by atoms with Crippen molar-refractivity contribution in [1.82, 2.24) is 0 Å². The van der Waals surface area contributed by atoms with Crippen LogP contribution >= 0.6 is 12.4 Å². The van der Waals surface area contributed by atoms with Gasteiger partial charge in [-0.15, -0.1) is 12.4 Å². The Morgan fingerprint density at radius 1 is 1.43 bits per heavy atom. The maximum absolute atomic E-state index is 10.4. The van der Waals surface area contributed by atoms with Crippen LogP contribution in [-0.2, 0) is 11.2 Å². The third-order valence-electron chi connectivity index (χ3n) is 1.81.